The Morgan fingerprint density at radius 2 is 2.12 bits per heavy atom. The number of nitrogens with one attached hydrogen (secondary N) is 1. The predicted octanol–water partition coefficient (Wildman–Crippen LogP) is 2.41. The second-order valence-corrected chi connectivity index (χ2v) is 6.58. The molecule has 2 aromatic rings. The maximum absolute atomic E-state index is 11.8. The molecule has 0 radical (unpaired) electrons. The minimum absolute atomic E-state index is 0.0162. The molecule has 1 fully saturated rings. The van der Waals surface area contributed by atoms with Crippen molar-refractivity contribution in [3.05, 3.63) is 47.0 Å². The number of amides is 1. The molecule has 1 amide bonds. The van der Waals surface area contributed by atoms with Gasteiger partial charge in [-0.3, -0.25) is 19.5 Å². The average molecular weight is 359 g/mol. The first-order valence-electron chi connectivity index (χ1n) is 7.79. The van der Waals surface area contributed by atoms with Crippen molar-refractivity contribution >= 4 is 23.4 Å². The maximum Gasteiger partial charge on any atom is 0.269 e. The van der Waals surface area contributed by atoms with Gasteiger partial charge in [0.15, 0.2) is 11.0 Å². The number of carbonyl (C=O) groups excluding carboxylic acids is 1. The van der Waals surface area contributed by atoms with E-state index in [0.717, 1.165) is 12.8 Å². The molecule has 9 heteroatoms. The Kier molecular flexibility index (Phi) is 5.13. The highest BCUT2D eigenvalue weighted by Gasteiger charge is 2.23. The van der Waals surface area contributed by atoms with Crippen LogP contribution >= 0.6 is 11.8 Å². The number of nitrogens with zero attached hydrogens (tertiary/aromatic N) is 4. The van der Waals surface area contributed by atoms with Gasteiger partial charge in [0.1, 0.15) is 0 Å². The SMILES string of the molecule is C=CCn1c(SCC(=O)NC2CC2)nnc1-c1ccc([N+](=O)[O-])cc1. The van der Waals surface area contributed by atoms with Crippen molar-refractivity contribution in [3.63, 3.8) is 0 Å². The molecule has 130 valence electrons. The number of aromatic nitrogens is 3. The normalized spacial score (nSPS) is 13.4. The van der Waals surface area contributed by atoms with Crippen LogP contribution < -0.4 is 5.32 Å². The minimum Gasteiger partial charge on any atom is -0.353 e. The molecule has 8 nitrogen and oxygen atoms in total. The van der Waals surface area contributed by atoms with Crippen LogP contribution in [0, 0.1) is 10.1 Å². The highest BCUT2D eigenvalue weighted by atomic mass is 32.2. The average Bonchev–Trinajstić information content (AvgIpc) is 3.32. The molecule has 1 aromatic heterocycles. The number of nitro benzene ring substituents is 1. The quantitative estimate of drug-likeness (QED) is 0.336. The van der Waals surface area contributed by atoms with E-state index in [0.29, 0.717) is 29.1 Å². The summed E-state index contributed by atoms with van der Waals surface area (Å²) < 4.78 is 1.84. The Hall–Kier alpha value is -2.68. The molecule has 1 saturated carbocycles. The molecule has 1 aliphatic carbocycles. The number of hydrogen-bond acceptors (Lipinski definition) is 6. The Bertz CT molecular complexity index is 799. The number of rotatable bonds is 8. The molecular formula is C16H17N5O3S. The van der Waals surface area contributed by atoms with E-state index in [2.05, 4.69) is 22.1 Å². The fraction of sp³-hybridized carbons (Fsp3) is 0.312. The van der Waals surface area contributed by atoms with Crippen LogP contribution in [0.3, 0.4) is 0 Å². The van der Waals surface area contributed by atoms with Crippen molar-refractivity contribution in [2.24, 2.45) is 0 Å². The third-order valence-electron chi connectivity index (χ3n) is 3.64. The second kappa shape index (κ2) is 7.47. The molecule has 0 bridgehead atoms. The van der Waals surface area contributed by atoms with Crippen LogP contribution in [0.2, 0.25) is 0 Å². The van der Waals surface area contributed by atoms with Crippen LogP contribution in [0.25, 0.3) is 11.4 Å². The van der Waals surface area contributed by atoms with E-state index in [1.165, 1.54) is 23.9 Å². The topological polar surface area (TPSA) is 103 Å². The summed E-state index contributed by atoms with van der Waals surface area (Å²) in [5.41, 5.74) is 0.735. The van der Waals surface area contributed by atoms with Gasteiger partial charge in [-0.15, -0.1) is 16.8 Å². The molecule has 1 N–H and O–H groups in total. The van der Waals surface area contributed by atoms with E-state index in [-0.39, 0.29) is 17.3 Å². The van der Waals surface area contributed by atoms with Crippen LogP contribution in [0.15, 0.2) is 42.1 Å². The van der Waals surface area contributed by atoms with Gasteiger partial charge >= 0.3 is 0 Å². The van der Waals surface area contributed by atoms with Crippen LogP contribution in [0.5, 0.6) is 0 Å². The number of benzene rings is 1. The number of hydrogen-bond donors (Lipinski definition) is 1. The molecule has 0 saturated heterocycles. The van der Waals surface area contributed by atoms with Crippen LogP contribution in [0.4, 0.5) is 5.69 Å². The lowest BCUT2D eigenvalue weighted by molar-refractivity contribution is -0.384. The van der Waals surface area contributed by atoms with Crippen molar-refractivity contribution in [3.8, 4) is 11.4 Å². The van der Waals surface area contributed by atoms with Crippen LogP contribution in [-0.2, 0) is 11.3 Å². The molecule has 3 rings (SSSR count). The summed E-state index contributed by atoms with van der Waals surface area (Å²) in [5, 5.41) is 22.6. The molecule has 1 aromatic carbocycles. The molecule has 25 heavy (non-hydrogen) atoms. The van der Waals surface area contributed by atoms with Gasteiger partial charge in [-0.2, -0.15) is 0 Å². The van der Waals surface area contributed by atoms with Crippen molar-refractivity contribution < 1.29 is 9.72 Å². The fourth-order valence-electron chi connectivity index (χ4n) is 2.26. The highest BCUT2D eigenvalue weighted by molar-refractivity contribution is 7.99. The number of thioether (sulfide) groups is 1. The third kappa shape index (κ3) is 4.24. The summed E-state index contributed by atoms with van der Waals surface area (Å²) in [6.45, 7) is 4.22. The lowest BCUT2D eigenvalue weighted by Gasteiger charge is -2.08. The lowest BCUT2D eigenvalue weighted by atomic mass is 10.2. The Labute approximate surface area is 148 Å². The second-order valence-electron chi connectivity index (χ2n) is 5.64. The summed E-state index contributed by atoms with van der Waals surface area (Å²) in [5.74, 6) is 0.837. The molecular weight excluding hydrogens is 342 g/mol. The van der Waals surface area contributed by atoms with Gasteiger partial charge in [-0.25, -0.2) is 0 Å². The van der Waals surface area contributed by atoms with Crippen molar-refractivity contribution in [2.75, 3.05) is 5.75 Å². The predicted molar refractivity (Wildman–Crippen MR) is 94.2 cm³/mol. The summed E-state index contributed by atoms with van der Waals surface area (Å²) in [4.78, 5) is 22.2. The van der Waals surface area contributed by atoms with E-state index in [4.69, 9.17) is 0 Å². The van der Waals surface area contributed by atoms with Gasteiger partial charge in [0.05, 0.1) is 10.7 Å². The molecule has 1 heterocycles. The van der Waals surface area contributed by atoms with E-state index in [1.807, 2.05) is 4.57 Å². The largest absolute Gasteiger partial charge is 0.353 e. The zero-order valence-corrected chi connectivity index (χ0v) is 14.2. The number of carbonyl (C=O) groups is 1. The number of nitro groups is 1. The first-order chi connectivity index (χ1) is 12.1. The molecule has 0 atom stereocenters. The highest BCUT2D eigenvalue weighted by Crippen LogP contribution is 2.26. The van der Waals surface area contributed by atoms with E-state index < -0.39 is 4.92 Å². The zero-order valence-electron chi connectivity index (χ0n) is 13.4. The fourth-order valence-corrected chi connectivity index (χ4v) is 3.02. The monoisotopic (exact) mass is 359 g/mol. The number of non-ortho nitro benzene ring substituents is 1. The smallest absolute Gasteiger partial charge is 0.269 e. The summed E-state index contributed by atoms with van der Waals surface area (Å²) >= 11 is 1.31. The Morgan fingerprint density at radius 3 is 2.72 bits per heavy atom. The standard InChI is InChI=1S/C16H17N5O3S/c1-2-9-20-15(11-3-7-13(8-4-11)21(23)24)18-19-16(20)25-10-14(22)17-12-5-6-12/h2-4,7-8,12H,1,5-6,9-10H2,(H,17,22). The van der Waals surface area contributed by atoms with Crippen LogP contribution in [0.1, 0.15) is 12.8 Å². The molecule has 0 unspecified atom stereocenters. The van der Waals surface area contributed by atoms with Gasteiger partial charge in [-0.1, -0.05) is 17.8 Å². The van der Waals surface area contributed by atoms with E-state index in [9.17, 15) is 14.9 Å². The number of allylic oxidation sites excluding steroid dienone is 1. The van der Waals surface area contributed by atoms with E-state index in [1.54, 1.807) is 18.2 Å². The first-order valence-corrected chi connectivity index (χ1v) is 8.78. The van der Waals surface area contributed by atoms with Gasteiger partial charge < -0.3 is 5.32 Å². The minimum atomic E-state index is -0.446. The summed E-state index contributed by atoms with van der Waals surface area (Å²) in [7, 11) is 0. The van der Waals surface area contributed by atoms with Gasteiger partial charge in [0.2, 0.25) is 5.91 Å². The summed E-state index contributed by atoms with van der Waals surface area (Å²) in [6, 6.07) is 6.46. The van der Waals surface area contributed by atoms with Crippen molar-refractivity contribution in [1.82, 2.24) is 20.1 Å². The molecule has 1 aliphatic rings. The summed E-state index contributed by atoms with van der Waals surface area (Å²) in [6.07, 6.45) is 3.81. The lowest BCUT2D eigenvalue weighted by Crippen LogP contribution is -2.27. The van der Waals surface area contributed by atoms with Gasteiger partial charge in [-0.05, 0) is 25.0 Å². The van der Waals surface area contributed by atoms with Gasteiger partial charge in [0, 0.05) is 30.3 Å². The van der Waals surface area contributed by atoms with Crippen molar-refractivity contribution in [1.29, 1.82) is 0 Å². The Balaban J connectivity index is 1.77. The van der Waals surface area contributed by atoms with Gasteiger partial charge in [0.25, 0.3) is 5.69 Å². The van der Waals surface area contributed by atoms with E-state index >= 15 is 0 Å². The zero-order chi connectivity index (χ0) is 17.8. The third-order valence-corrected chi connectivity index (χ3v) is 4.61. The maximum atomic E-state index is 11.8. The first kappa shape index (κ1) is 17.2. The van der Waals surface area contributed by atoms with Crippen LogP contribution in [-0.4, -0.2) is 37.4 Å². The van der Waals surface area contributed by atoms with Crippen molar-refractivity contribution in [2.45, 2.75) is 30.6 Å². The molecule has 0 spiro atoms. The molecule has 0 aliphatic heterocycles. The Morgan fingerprint density at radius 1 is 1.40 bits per heavy atom.